The fourth-order valence-electron chi connectivity index (χ4n) is 16.4. The Morgan fingerprint density at radius 3 is 1.66 bits per heavy atom. The Balaban J connectivity index is 0.985. The number of allylic oxidation sites excluding steroid dienone is 1. The lowest BCUT2D eigenvalue weighted by atomic mass is 9.32. The Morgan fingerprint density at radius 2 is 1.12 bits per heavy atom. The summed E-state index contributed by atoms with van der Waals surface area (Å²) in [5.74, 6) is 2.62. The summed E-state index contributed by atoms with van der Waals surface area (Å²) in [4.78, 5) is 27.8. The second-order valence-corrected chi connectivity index (χ2v) is 27.8. The molecule has 0 bridgehead atoms. The number of esters is 2. The molecule has 8 heteroatoms. The van der Waals surface area contributed by atoms with Crippen molar-refractivity contribution in [2.24, 2.45) is 56.7 Å². The van der Waals surface area contributed by atoms with Crippen LogP contribution in [0.3, 0.4) is 0 Å². The monoisotopic (exact) mass is 939 g/mol. The normalized spacial score (nSPS) is 33.6. The molecular weight excluding hydrogens is 841 g/mol. The quantitative estimate of drug-likeness (QED) is 0.0849. The largest absolute Gasteiger partial charge is 0.461 e. The highest BCUT2D eigenvalue weighted by atomic mass is 16.5. The number of fused-ring (bicyclic) bond motifs is 7. The van der Waals surface area contributed by atoms with Crippen LogP contribution >= 0.6 is 0 Å². The van der Waals surface area contributed by atoms with Crippen LogP contribution in [0, 0.1) is 56.7 Å². The van der Waals surface area contributed by atoms with Gasteiger partial charge in [-0.3, -0.25) is 0 Å². The Bertz CT molecular complexity index is 2100. The summed E-state index contributed by atoms with van der Waals surface area (Å²) in [5, 5.41) is 0. The van der Waals surface area contributed by atoms with E-state index >= 15 is 0 Å². The van der Waals surface area contributed by atoms with Crippen LogP contribution in [0.15, 0.2) is 72.8 Å². The summed E-state index contributed by atoms with van der Waals surface area (Å²) in [5.41, 5.74) is 4.56. The van der Waals surface area contributed by atoms with Crippen molar-refractivity contribution in [3.63, 3.8) is 0 Å². The van der Waals surface area contributed by atoms with E-state index in [2.05, 4.69) is 165 Å². The number of benzene rings is 2. The van der Waals surface area contributed by atoms with Gasteiger partial charge in [0, 0.05) is 22.0 Å². The SMILES string of the molecule is C=C(C)[C@@H]1CC[C@]2(COC(=O)C[N+](C)(C)CC[N+](C)(C)Cc3ccccc3)CC[C@]3(C)C(CCC4[C@@]5(C)CC[C@H](OC(=O)C[N+](C)(C)CC[N+](C)(C)Cc6ccccc6)C(C)(C)C5CC[C@]43C)C12. The Hall–Kier alpha value is -3.04. The zero-order chi connectivity index (χ0) is 49.8. The standard InChI is InChI=1S/C60H98N4O4/c1-45(2)48-28-33-60(44-67-53(65)42-63(12,13)38-36-61(8,9)40-46-22-18-16-19-23-46)35-34-58(6)49(55(48)60)26-27-51-57(5)31-30-52(56(3,4)50(57)29-32-59(51,58)7)68-54(66)43-64(14,15)39-37-62(10,11)41-47-24-20-17-21-25-47/h16-25,48-52,55H,1,26-44H2,2-15H3/q+4/t48-,49?,50?,51?,52-,55?,57-,58+,59+,60+/m0/s1. The third-order valence-corrected chi connectivity index (χ3v) is 20.6. The third-order valence-electron chi connectivity index (χ3n) is 20.6. The number of hydrogen-bond acceptors (Lipinski definition) is 4. The molecule has 0 aromatic heterocycles. The van der Waals surface area contributed by atoms with E-state index in [1.807, 2.05) is 0 Å². The van der Waals surface area contributed by atoms with Crippen LogP contribution in [0.2, 0.25) is 0 Å². The van der Waals surface area contributed by atoms with Crippen molar-refractivity contribution >= 4 is 11.9 Å². The number of likely N-dealkylation sites (N-methyl/N-ethyl adjacent to an activating group) is 4. The number of ether oxygens (including phenoxy) is 2. The minimum absolute atomic E-state index is 0.0220. The van der Waals surface area contributed by atoms with Gasteiger partial charge < -0.3 is 27.4 Å². The maximum atomic E-state index is 13.9. The molecule has 0 heterocycles. The second kappa shape index (κ2) is 19.2. The predicted octanol–water partition coefficient (Wildman–Crippen LogP) is 10.8. The number of quaternary nitrogens is 4. The molecular formula is C60H98N4O4+4. The maximum absolute atomic E-state index is 13.9. The van der Waals surface area contributed by atoms with Crippen LogP contribution in [0.5, 0.6) is 0 Å². The lowest BCUT2D eigenvalue weighted by molar-refractivity contribution is -0.949. The number of rotatable bonds is 18. The first-order chi connectivity index (χ1) is 31.6. The third kappa shape index (κ3) is 10.7. The fourth-order valence-corrected chi connectivity index (χ4v) is 16.4. The first-order valence-electron chi connectivity index (χ1n) is 26.9. The van der Waals surface area contributed by atoms with Gasteiger partial charge in [-0.05, 0) is 117 Å². The van der Waals surface area contributed by atoms with Gasteiger partial charge in [0.15, 0.2) is 13.1 Å². The molecule has 0 radical (unpaired) electrons. The van der Waals surface area contributed by atoms with Gasteiger partial charge in [-0.15, -0.1) is 0 Å². The molecule has 5 aliphatic rings. The van der Waals surface area contributed by atoms with Gasteiger partial charge in [-0.1, -0.05) is 107 Å². The average Bonchev–Trinajstić information content (AvgIpc) is 3.64. The van der Waals surface area contributed by atoms with Gasteiger partial charge in [0.25, 0.3) is 0 Å². The highest BCUT2D eigenvalue weighted by Gasteiger charge is 2.71. The maximum Gasteiger partial charge on any atom is 0.362 e. The predicted molar refractivity (Wildman–Crippen MR) is 278 cm³/mol. The number of carbonyl (C=O) groups is 2. The first kappa shape index (κ1) is 52.8. The van der Waals surface area contributed by atoms with E-state index in [-0.39, 0.29) is 45.1 Å². The number of carbonyl (C=O) groups excluding carboxylic acids is 2. The van der Waals surface area contributed by atoms with E-state index in [4.69, 9.17) is 9.47 Å². The summed E-state index contributed by atoms with van der Waals surface area (Å²) in [7, 11) is 17.9. The lowest BCUT2D eigenvalue weighted by Gasteiger charge is -2.73. The zero-order valence-electron chi connectivity index (χ0n) is 45.8. The van der Waals surface area contributed by atoms with E-state index in [1.165, 1.54) is 48.8 Å². The van der Waals surface area contributed by atoms with Crippen LogP contribution in [0.1, 0.15) is 117 Å². The van der Waals surface area contributed by atoms with Crippen molar-refractivity contribution in [1.29, 1.82) is 0 Å². The van der Waals surface area contributed by atoms with Crippen LogP contribution in [0.4, 0.5) is 0 Å². The molecule has 4 unspecified atom stereocenters. The molecule has 68 heavy (non-hydrogen) atoms. The molecule has 378 valence electrons. The summed E-state index contributed by atoms with van der Waals surface area (Å²) in [6.45, 7) is 27.0. The summed E-state index contributed by atoms with van der Waals surface area (Å²) in [6, 6.07) is 21.5. The molecule has 5 fully saturated rings. The summed E-state index contributed by atoms with van der Waals surface area (Å²) in [6.07, 6.45) is 11.6. The van der Waals surface area contributed by atoms with Gasteiger partial charge >= 0.3 is 11.9 Å². The molecule has 0 N–H and O–H groups in total. The van der Waals surface area contributed by atoms with E-state index in [1.54, 1.807) is 0 Å². The smallest absolute Gasteiger partial charge is 0.362 e. The molecule has 8 nitrogen and oxygen atoms in total. The van der Waals surface area contributed by atoms with Crippen molar-refractivity contribution < 1.29 is 37.0 Å². The Kier molecular flexibility index (Phi) is 14.9. The molecule has 10 atom stereocenters. The van der Waals surface area contributed by atoms with Crippen LogP contribution < -0.4 is 0 Å². The molecule has 0 amide bonds. The average molecular weight is 939 g/mol. The number of nitrogens with zero attached hydrogens (tertiary/aromatic N) is 4. The first-order valence-corrected chi connectivity index (χ1v) is 26.9. The Labute approximate surface area is 415 Å². The molecule has 5 aliphatic carbocycles. The fraction of sp³-hybridized carbons (Fsp3) is 0.733. The molecule has 0 spiro atoms. The molecule has 0 saturated heterocycles. The molecule has 5 saturated carbocycles. The van der Waals surface area contributed by atoms with Crippen LogP contribution in [0.25, 0.3) is 0 Å². The lowest BCUT2D eigenvalue weighted by Crippen LogP contribution is -2.67. The van der Waals surface area contributed by atoms with E-state index < -0.39 is 0 Å². The van der Waals surface area contributed by atoms with Crippen molar-refractivity contribution in [3.8, 4) is 0 Å². The van der Waals surface area contributed by atoms with Crippen molar-refractivity contribution in [2.75, 3.05) is 102 Å². The minimum atomic E-state index is -0.0969. The molecule has 0 aliphatic heterocycles. The second-order valence-electron chi connectivity index (χ2n) is 27.8. The van der Waals surface area contributed by atoms with Gasteiger partial charge in [0.2, 0.25) is 0 Å². The van der Waals surface area contributed by atoms with E-state index in [9.17, 15) is 9.59 Å². The van der Waals surface area contributed by atoms with Crippen molar-refractivity contribution in [2.45, 2.75) is 125 Å². The van der Waals surface area contributed by atoms with Gasteiger partial charge in [-0.2, -0.15) is 0 Å². The van der Waals surface area contributed by atoms with Gasteiger partial charge in [0.05, 0.1) is 63.0 Å². The molecule has 2 aromatic rings. The van der Waals surface area contributed by atoms with E-state index in [0.717, 1.165) is 80.3 Å². The topological polar surface area (TPSA) is 52.6 Å². The van der Waals surface area contributed by atoms with Crippen LogP contribution in [-0.4, -0.2) is 138 Å². The van der Waals surface area contributed by atoms with Crippen molar-refractivity contribution in [1.82, 2.24) is 0 Å². The van der Waals surface area contributed by atoms with Crippen molar-refractivity contribution in [3.05, 3.63) is 83.9 Å². The number of hydrogen-bond donors (Lipinski definition) is 0. The highest BCUT2D eigenvalue weighted by molar-refractivity contribution is 5.71. The zero-order valence-corrected chi connectivity index (χ0v) is 45.8. The summed E-state index contributed by atoms with van der Waals surface area (Å²) >= 11 is 0. The van der Waals surface area contributed by atoms with Gasteiger partial charge in [-0.25, -0.2) is 9.59 Å². The Morgan fingerprint density at radius 1 is 0.588 bits per heavy atom. The molecule has 7 rings (SSSR count). The van der Waals surface area contributed by atoms with Crippen LogP contribution in [-0.2, 0) is 32.2 Å². The van der Waals surface area contributed by atoms with E-state index in [0.29, 0.717) is 58.3 Å². The summed E-state index contributed by atoms with van der Waals surface area (Å²) < 4.78 is 16.2. The molecule has 2 aromatic carbocycles. The highest BCUT2D eigenvalue weighted by Crippen LogP contribution is 2.77. The van der Waals surface area contributed by atoms with Gasteiger partial charge in [0.1, 0.15) is 45.4 Å². The minimum Gasteiger partial charge on any atom is -0.461 e.